The second-order valence-electron chi connectivity index (χ2n) is 3.16. The Morgan fingerprint density at radius 3 is 2.31 bits per heavy atom. The van der Waals surface area contributed by atoms with Crippen molar-refractivity contribution in [2.24, 2.45) is 5.10 Å². The van der Waals surface area contributed by atoms with Crippen LogP contribution in [-0.4, -0.2) is 22.0 Å². The van der Waals surface area contributed by atoms with Gasteiger partial charge < -0.3 is 5.32 Å². The van der Waals surface area contributed by atoms with Crippen molar-refractivity contribution in [1.29, 1.82) is 0 Å². The predicted octanol–water partition coefficient (Wildman–Crippen LogP) is 1.66. The van der Waals surface area contributed by atoms with Crippen molar-refractivity contribution < 1.29 is 9.59 Å². The number of amidine groups is 1. The summed E-state index contributed by atoms with van der Waals surface area (Å²) in [7, 11) is 0. The predicted molar refractivity (Wildman–Crippen MR) is 67.0 cm³/mol. The van der Waals surface area contributed by atoms with Gasteiger partial charge in [-0.05, 0) is 13.8 Å². The van der Waals surface area contributed by atoms with Gasteiger partial charge in [0.05, 0.1) is 5.70 Å². The molecule has 1 heterocycles. The molecule has 0 unspecified atom stereocenters. The number of carbonyl (C=O) groups is 2. The van der Waals surface area contributed by atoms with Gasteiger partial charge in [0, 0.05) is 18.8 Å². The Kier molecular flexibility index (Phi) is 5.53. The number of halogens is 1. The number of hydrogen-bond acceptors (Lipinski definition) is 4. The van der Waals surface area contributed by atoms with E-state index in [2.05, 4.69) is 10.4 Å². The minimum atomic E-state index is -0.197. The fourth-order valence-corrected chi connectivity index (χ4v) is 1.90. The van der Waals surface area contributed by atoms with Crippen molar-refractivity contribution in [2.75, 3.05) is 0 Å². The molecule has 1 N–H and O–H groups in total. The summed E-state index contributed by atoms with van der Waals surface area (Å²) in [5, 5.41) is 8.31. The Morgan fingerprint density at radius 1 is 1.31 bits per heavy atom. The molecule has 1 aliphatic rings. The van der Waals surface area contributed by atoms with Crippen LogP contribution < -0.4 is 5.32 Å². The van der Waals surface area contributed by atoms with Gasteiger partial charge in [0.15, 0.2) is 5.17 Å². The molecule has 0 aliphatic carbocycles. The lowest BCUT2D eigenvalue weighted by Gasteiger charge is -2.24. The lowest BCUT2D eigenvalue weighted by Crippen LogP contribution is -2.33. The van der Waals surface area contributed by atoms with Crippen molar-refractivity contribution >= 4 is 41.2 Å². The smallest absolute Gasteiger partial charge is 0.244 e. The Hall–Kier alpha value is -1.01. The molecule has 1 aliphatic heterocycles. The van der Waals surface area contributed by atoms with Gasteiger partial charge in [-0.15, -0.1) is 17.5 Å². The van der Waals surface area contributed by atoms with E-state index in [1.807, 2.05) is 13.8 Å². The van der Waals surface area contributed by atoms with E-state index >= 15 is 0 Å². The topological polar surface area (TPSA) is 61.8 Å². The lowest BCUT2D eigenvalue weighted by molar-refractivity contribution is -0.127. The number of hydrogen-bond donors (Lipinski definition) is 1. The molecule has 0 aromatic rings. The average Bonchev–Trinajstić information content (AvgIpc) is 2.09. The van der Waals surface area contributed by atoms with E-state index in [9.17, 15) is 9.59 Å². The number of allylic oxidation sites excluding steroid dienone is 2. The van der Waals surface area contributed by atoms with Crippen LogP contribution in [0.2, 0.25) is 0 Å². The van der Waals surface area contributed by atoms with E-state index in [1.165, 1.54) is 30.6 Å². The van der Waals surface area contributed by atoms with Gasteiger partial charge >= 0.3 is 0 Å². The van der Waals surface area contributed by atoms with E-state index in [-0.39, 0.29) is 24.2 Å². The van der Waals surface area contributed by atoms with Gasteiger partial charge in [-0.2, -0.15) is 0 Å². The van der Waals surface area contributed by atoms with Gasteiger partial charge in [0.2, 0.25) is 11.8 Å². The summed E-state index contributed by atoms with van der Waals surface area (Å²) in [6.07, 6.45) is 0. The standard InChI is InChI=1S/C9H13N3O2S.ClH/c1-5-6(2)15-9(10-7(3)13)11-12(5)8(4)14;/h1-4H3,(H,10,11,13);1H. The number of nitrogens with zero attached hydrogens (tertiary/aromatic N) is 2. The molecule has 0 saturated heterocycles. The maximum Gasteiger partial charge on any atom is 0.244 e. The molecular weight excluding hydrogens is 250 g/mol. The number of nitrogens with one attached hydrogen (secondary N) is 1. The van der Waals surface area contributed by atoms with Crippen LogP contribution in [0.3, 0.4) is 0 Å². The Labute approximate surface area is 105 Å². The van der Waals surface area contributed by atoms with Crippen LogP contribution in [0.4, 0.5) is 0 Å². The number of rotatable bonds is 0. The van der Waals surface area contributed by atoms with Gasteiger partial charge in [0.25, 0.3) is 0 Å². The van der Waals surface area contributed by atoms with Gasteiger partial charge in [-0.25, -0.2) is 5.01 Å². The highest BCUT2D eigenvalue weighted by Gasteiger charge is 2.20. The van der Waals surface area contributed by atoms with Crippen molar-refractivity contribution in [3.63, 3.8) is 0 Å². The SMILES string of the molecule is CC(=O)NC1=NN(C(C)=O)C(C)=C(C)S1.Cl. The average molecular weight is 264 g/mol. The van der Waals surface area contributed by atoms with Crippen LogP contribution in [0.15, 0.2) is 15.7 Å². The molecule has 90 valence electrons. The summed E-state index contributed by atoms with van der Waals surface area (Å²) in [6.45, 7) is 6.54. The monoisotopic (exact) mass is 263 g/mol. The molecular formula is C9H14ClN3O2S. The molecule has 0 atom stereocenters. The molecule has 0 aromatic heterocycles. The molecule has 7 heteroatoms. The van der Waals surface area contributed by atoms with E-state index < -0.39 is 0 Å². The summed E-state index contributed by atoms with van der Waals surface area (Å²) in [6, 6.07) is 0. The highest BCUT2D eigenvalue weighted by atomic mass is 35.5. The zero-order chi connectivity index (χ0) is 11.6. The second kappa shape index (κ2) is 5.91. The lowest BCUT2D eigenvalue weighted by atomic mass is 10.4. The van der Waals surface area contributed by atoms with E-state index in [0.29, 0.717) is 5.17 Å². The summed E-state index contributed by atoms with van der Waals surface area (Å²) >= 11 is 1.35. The van der Waals surface area contributed by atoms with Crippen molar-refractivity contribution in [3.05, 3.63) is 10.6 Å². The third-order valence-electron chi connectivity index (χ3n) is 1.85. The minimum absolute atomic E-state index is 0. The molecule has 0 aromatic carbocycles. The Bertz CT molecular complexity index is 379. The van der Waals surface area contributed by atoms with Crippen LogP contribution in [-0.2, 0) is 9.59 Å². The van der Waals surface area contributed by atoms with E-state index in [0.717, 1.165) is 10.6 Å². The maximum absolute atomic E-state index is 11.2. The fraction of sp³-hybridized carbons (Fsp3) is 0.444. The summed E-state index contributed by atoms with van der Waals surface area (Å²) in [5.41, 5.74) is 0.793. The van der Waals surface area contributed by atoms with Crippen LogP contribution in [0.25, 0.3) is 0 Å². The zero-order valence-corrected chi connectivity index (χ0v) is 11.2. The van der Waals surface area contributed by atoms with Gasteiger partial charge in [-0.1, -0.05) is 11.8 Å². The normalized spacial score (nSPS) is 15.2. The fourth-order valence-electron chi connectivity index (χ4n) is 1.06. The first kappa shape index (κ1) is 15.0. The van der Waals surface area contributed by atoms with Crippen LogP contribution in [0.1, 0.15) is 27.7 Å². The first-order chi connectivity index (χ1) is 6.91. The number of hydrazone groups is 1. The first-order valence-corrected chi connectivity index (χ1v) is 5.25. The molecule has 0 spiro atoms. The summed E-state index contributed by atoms with van der Waals surface area (Å²) in [4.78, 5) is 23.0. The van der Waals surface area contributed by atoms with Crippen molar-refractivity contribution in [2.45, 2.75) is 27.7 Å². The molecule has 5 nitrogen and oxygen atoms in total. The number of carbonyl (C=O) groups excluding carboxylic acids is 2. The van der Waals surface area contributed by atoms with Crippen LogP contribution in [0.5, 0.6) is 0 Å². The molecule has 0 radical (unpaired) electrons. The highest BCUT2D eigenvalue weighted by Crippen LogP contribution is 2.27. The third-order valence-corrected chi connectivity index (χ3v) is 2.83. The Balaban J connectivity index is 0.00000225. The molecule has 0 fully saturated rings. The molecule has 0 saturated carbocycles. The van der Waals surface area contributed by atoms with Gasteiger partial charge in [-0.3, -0.25) is 9.59 Å². The van der Waals surface area contributed by atoms with E-state index in [4.69, 9.17) is 0 Å². The quantitative estimate of drug-likeness (QED) is 0.723. The number of thioether (sulfide) groups is 1. The third kappa shape index (κ3) is 3.53. The molecule has 16 heavy (non-hydrogen) atoms. The highest BCUT2D eigenvalue weighted by molar-refractivity contribution is 8.17. The van der Waals surface area contributed by atoms with Crippen molar-refractivity contribution in [1.82, 2.24) is 10.3 Å². The Morgan fingerprint density at radius 2 is 1.88 bits per heavy atom. The minimum Gasteiger partial charge on any atom is -0.304 e. The molecule has 0 bridgehead atoms. The maximum atomic E-state index is 11.2. The molecule has 1 rings (SSSR count). The summed E-state index contributed by atoms with van der Waals surface area (Å²) in [5.74, 6) is -0.368. The zero-order valence-electron chi connectivity index (χ0n) is 9.53. The second-order valence-corrected chi connectivity index (χ2v) is 4.36. The largest absolute Gasteiger partial charge is 0.304 e. The van der Waals surface area contributed by atoms with Crippen LogP contribution in [0, 0.1) is 0 Å². The number of amides is 2. The van der Waals surface area contributed by atoms with Crippen LogP contribution >= 0.6 is 24.2 Å². The van der Waals surface area contributed by atoms with Gasteiger partial charge in [0.1, 0.15) is 0 Å². The molecule has 2 amide bonds. The van der Waals surface area contributed by atoms with Crippen molar-refractivity contribution in [3.8, 4) is 0 Å². The van der Waals surface area contributed by atoms with E-state index in [1.54, 1.807) is 0 Å². The first-order valence-electron chi connectivity index (χ1n) is 4.44. The summed E-state index contributed by atoms with van der Waals surface area (Å²) < 4.78 is 0.